The third-order valence-corrected chi connectivity index (χ3v) is 3.72. The van der Waals surface area contributed by atoms with Crippen molar-refractivity contribution < 1.29 is 13.2 Å². The topological polar surface area (TPSA) is 73.2 Å². The average Bonchev–Trinajstić information content (AvgIpc) is 2.74. The van der Waals surface area contributed by atoms with Crippen molar-refractivity contribution in [3.05, 3.63) is 36.7 Å². The van der Waals surface area contributed by atoms with E-state index in [4.69, 9.17) is 4.74 Å². The average molecular weight is 267 g/mol. The molecule has 18 heavy (non-hydrogen) atoms. The Bertz CT molecular complexity index is 632. The third kappa shape index (κ3) is 2.62. The minimum absolute atomic E-state index is 0.173. The van der Waals surface area contributed by atoms with Crippen LogP contribution in [0.25, 0.3) is 0 Å². The van der Waals surface area contributed by atoms with Crippen LogP contribution in [-0.2, 0) is 17.1 Å². The first-order valence-corrected chi connectivity index (χ1v) is 6.65. The fourth-order valence-corrected chi connectivity index (χ4v) is 2.47. The third-order valence-electron chi connectivity index (χ3n) is 2.33. The van der Waals surface area contributed by atoms with Crippen molar-refractivity contribution >= 4 is 15.7 Å². The van der Waals surface area contributed by atoms with Gasteiger partial charge in [0, 0.05) is 13.2 Å². The van der Waals surface area contributed by atoms with Crippen LogP contribution in [0.1, 0.15) is 0 Å². The van der Waals surface area contributed by atoms with Gasteiger partial charge in [-0.1, -0.05) is 0 Å². The molecule has 0 aliphatic heterocycles. The molecule has 2 aromatic rings. The maximum absolute atomic E-state index is 12.0. The second-order valence-corrected chi connectivity index (χ2v) is 5.37. The van der Waals surface area contributed by atoms with Gasteiger partial charge in [0.2, 0.25) is 0 Å². The van der Waals surface area contributed by atoms with Crippen LogP contribution in [-0.4, -0.2) is 25.3 Å². The molecule has 6 nitrogen and oxygen atoms in total. The van der Waals surface area contributed by atoms with Crippen molar-refractivity contribution in [2.75, 3.05) is 11.8 Å². The number of rotatable bonds is 4. The summed E-state index contributed by atoms with van der Waals surface area (Å²) in [5.74, 6) is 0.607. The summed E-state index contributed by atoms with van der Waals surface area (Å²) in [5.41, 5.74) is 0.424. The van der Waals surface area contributed by atoms with E-state index in [1.807, 2.05) is 0 Å². The van der Waals surface area contributed by atoms with Gasteiger partial charge in [-0.05, 0) is 24.3 Å². The normalized spacial score (nSPS) is 11.2. The Hall–Kier alpha value is -2.02. The number of hydrogen-bond donors (Lipinski definition) is 1. The fourth-order valence-electron chi connectivity index (χ4n) is 1.44. The highest BCUT2D eigenvalue weighted by atomic mass is 32.2. The van der Waals surface area contributed by atoms with Crippen LogP contribution in [0.15, 0.2) is 41.6 Å². The summed E-state index contributed by atoms with van der Waals surface area (Å²) in [6.07, 6.45) is 3.03. The number of aryl methyl sites for hydroxylation is 1. The standard InChI is InChI=1S/C11H13N3O3S/c1-14-8-9(7-12-14)13-18(15,16)11-5-3-10(17-2)4-6-11/h3-8,13H,1-2H3. The number of ether oxygens (including phenoxy) is 1. The zero-order valence-corrected chi connectivity index (χ0v) is 10.8. The molecule has 0 saturated heterocycles. The minimum Gasteiger partial charge on any atom is -0.497 e. The van der Waals surface area contributed by atoms with Gasteiger partial charge in [-0.2, -0.15) is 5.10 Å². The van der Waals surface area contributed by atoms with Crippen molar-refractivity contribution in [1.29, 1.82) is 0 Å². The van der Waals surface area contributed by atoms with Crippen LogP contribution in [0.2, 0.25) is 0 Å². The number of anilines is 1. The van der Waals surface area contributed by atoms with Gasteiger partial charge in [0.15, 0.2) is 0 Å². The molecule has 0 aliphatic carbocycles. The first kappa shape index (κ1) is 12.4. The second-order valence-electron chi connectivity index (χ2n) is 3.68. The van der Waals surface area contributed by atoms with E-state index in [1.54, 1.807) is 25.4 Å². The second kappa shape index (κ2) is 4.69. The van der Waals surface area contributed by atoms with Crippen LogP contribution < -0.4 is 9.46 Å². The molecule has 0 saturated carbocycles. The Balaban J connectivity index is 2.24. The summed E-state index contributed by atoms with van der Waals surface area (Å²) < 4.78 is 33.0. The molecule has 1 aromatic heterocycles. The van der Waals surface area contributed by atoms with Crippen LogP contribution in [0.3, 0.4) is 0 Å². The van der Waals surface area contributed by atoms with Gasteiger partial charge in [-0.25, -0.2) is 8.42 Å². The molecule has 7 heteroatoms. The van der Waals surface area contributed by atoms with E-state index in [2.05, 4.69) is 9.82 Å². The van der Waals surface area contributed by atoms with Gasteiger partial charge in [-0.3, -0.25) is 9.40 Å². The molecule has 2 rings (SSSR count). The van der Waals surface area contributed by atoms with E-state index in [9.17, 15) is 8.42 Å². The molecule has 0 aliphatic rings. The van der Waals surface area contributed by atoms with E-state index >= 15 is 0 Å². The van der Waals surface area contributed by atoms with Gasteiger partial charge in [0.25, 0.3) is 10.0 Å². The Kier molecular flexibility index (Phi) is 3.24. The lowest BCUT2D eigenvalue weighted by molar-refractivity contribution is 0.414. The summed E-state index contributed by atoms with van der Waals surface area (Å²) in [5, 5.41) is 3.89. The van der Waals surface area contributed by atoms with Gasteiger partial charge in [0.05, 0.1) is 23.9 Å². The Labute approximate surface area is 105 Å². The number of methoxy groups -OCH3 is 1. The van der Waals surface area contributed by atoms with Crippen molar-refractivity contribution in [2.24, 2.45) is 7.05 Å². The first-order chi connectivity index (χ1) is 8.51. The molecule has 0 spiro atoms. The molecule has 0 radical (unpaired) electrons. The maximum Gasteiger partial charge on any atom is 0.261 e. The van der Waals surface area contributed by atoms with Crippen LogP contribution in [0.4, 0.5) is 5.69 Å². The molecule has 1 N–H and O–H groups in total. The Morgan fingerprint density at radius 3 is 2.44 bits per heavy atom. The lowest BCUT2D eigenvalue weighted by Gasteiger charge is -2.06. The van der Waals surface area contributed by atoms with Crippen LogP contribution in [0.5, 0.6) is 5.75 Å². The number of hydrogen-bond acceptors (Lipinski definition) is 4. The smallest absolute Gasteiger partial charge is 0.261 e. The molecular weight excluding hydrogens is 254 g/mol. The predicted molar refractivity (Wildman–Crippen MR) is 67.0 cm³/mol. The molecule has 0 bridgehead atoms. The number of nitrogens with zero attached hydrogens (tertiary/aromatic N) is 2. The highest BCUT2D eigenvalue weighted by Crippen LogP contribution is 2.18. The highest BCUT2D eigenvalue weighted by molar-refractivity contribution is 7.92. The maximum atomic E-state index is 12.0. The van der Waals surface area contributed by atoms with Crippen molar-refractivity contribution in [3.63, 3.8) is 0 Å². The molecule has 1 heterocycles. The predicted octanol–water partition coefficient (Wildman–Crippen LogP) is 1.23. The van der Waals surface area contributed by atoms with Gasteiger partial charge in [-0.15, -0.1) is 0 Å². The van der Waals surface area contributed by atoms with Crippen molar-refractivity contribution in [1.82, 2.24) is 9.78 Å². The molecule has 0 amide bonds. The lowest BCUT2D eigenvalue weighted by Crippen LogP contribution is -2.12. The molecule has 0 fully saturated rings. The van der Waals surface area contributed by atoms with E-state index < -0.39 is 10.0 Å². The number of nitrogens with one attached hydrogen (secondary N) is 1. The molecule has 0 unspecified atom stereocenters. The Morgan fingerprint density at radius 2 is 1.94 bits per heavy atom. The van der Waals surface area contributed by atoms with E-state index in [0.29, 0.717) is 11.4 Å². The van der Waals surface area contributed by atoms with Crippen molar-refractivity contribution in [2.45, 2.75) is 4.90 Å². The van der Waals surface area contributed by atoms with E-state index in [-0.39, 0.29) is 4.90 Å². The number of aromatic nitrogens is 2. The Morgan fingerprint density at radius 1 is 1.28 bits per heavy atom. The molecule has 0 atom stereocenters. The van der Waals surface area contributed by atoms with E-state index in [1.165, 1.54) is 30.1 Å². The summed E-state index contributed by atoms with van der Waals surface area (Å²) in [6, 6.07) is 6.16. The molecular formula is C11H13N3O3S. The number of benzene rings is 1. The summed E-state index contributed by atoms with van der Waals surface area (Å²) in [4.78, 5) is 0.173. The largest absolute Gasteiger partial charge is 0.497 e. The van der Waals surface area contributed by atoms with Gasteiger partial charge >= 0.3 is 0 Å². The lowest BCUT2D eigenvalue weighted by atomic mass is 10.3. The van der Waals surface area contributed by atoms with Crippen LogP contribution >= 0.6 is 0 Å². The summed E-state index contributed by atoms with van der Waals surface area (Å²) >= 11 is 0. The zero-order valence-electron chi connectivity index (χ0n) is 9.99. The summed E-state index contributed by atoms with van der Waals surface area (Å²) in [7, 11) is -0.345. The molecule has 96 valence electrons. The minimum atomic E-state index is -3.58. The monoisotopic (exact) mass is 267 g/mol. The van der Waals surface area contributed by atoms with E-state index in [0.717, 1.165) is 0 Å². The molecule has 1 aromatic carbocycles. The van der Waals surface area contributed by atoms with Crippen LogP contribution in [0, 0.1) is 0 Å². The van der Waals surface area contributed by atoms with Gasteiger partial charge in [0.1, 0.15) is 5.75 Å². The first-order valence-electron chi connectivity index (χ1n) is 5.17. The van der Waals surface area contributed by atoms with Gasteiger partial charge < -0.3 is 4.74 Å². The zero-order chi connectivity index (χ0) is 13.2. The SMILES string of the molecule is COc1ccc(S(=O)(=O)Nc2cnn(C)c2)cc1. The quantitative estimate of drug-likeness (QED) is 0.904. The van der Waals surface area contributed by atoms with Crippen molar-refractivity contribution in [3.8, 4) is 5.75 Å². The summed E-state index contributed by atoms with van der Waals surface area (Å²) in [6.45, 7) is 0. The fraction of sp³-hybridized carbons (Fsp3) is 0.182. The highest BCUT2D eigenvalue weighted by Gasteiger charge is 2.14. The number of sulfonamides is 1.